The van der Waals surface area contributed by atoms with Crippen LogP contribution in [0.15, 0.2) is 53.0 Å². The third kappa shape index (κ3) is 4.00. The number of hydrogen-bond donors (Lipinski definition) is 1. The van der Waals surface area contributed by atoms with Crippen molar-refractivity contribution in [2.24, 2.45) is 0 Å². The molecule has 0 aliphatic carbocycles. The molecule has 0 spiro atoms. The Labute approximate surface area is 139 Å². The van der Waals surface area contributed by atoms with E-state index in [1.165, 1.54) is 5.56 Å². The number of halogens is 2. The van der Waals surface area contributed by atoms with Gasteiger partial charge in [0.05, 0.1) is 5.69 Å². The third-order valence-electron chi connectivity index (χ3n) is 3.81. The van der Waals surface area contributed by atoms with Gasteiger partial charge in [0.25, 0.3) is 0 Å². The summed E-state index contributed by atoms with van der Waals surface area (Å²) in [5, 5.41) is 4.36. The van der Waals surface area contributed by atoms with Gasteiger partial charge in [-0.2, -0.15) is 0 Å². The Morgan fingerprint density at radius 1 is 1.19 bits per heavy atom. The van der Waals surface area contributed by atoms with Gasteiger partial charge in [-0.1, -0.05) is 41.9 Å². The summed E-state index contributed by atoms with van der Waals surface area (Å²) < 4.78 is 1.06. The summed E-state index contributed by atoms with van der Waals surface area (Å²) in [5.74, 6) is 0. The highest BCUT2D eigenvalue weighted by Gasteiger charge is 2.22. The van der Waals surface area contributed by atoms with E-state index in [0.717, 1.165) is 41.2 Å². The summed E-state index contributed by atoms with van der Waals surface area (Å²) in [5.41, 5.74) is 2.45. The summed E-state index contributed by atoms with van der Waals surface area (Å²) in [6.07, 6.45) is 1.16. The van der Waals surface area contributed by atoms with Crippen molar-refractivity contribution in [2.45, 2.75) is 19.0 Å². The van der Waals surface area contributed by atoms with E-state index in [9.17, 15) is 0 Å². The van der Waals surface area contributed by atoms with Crippen LogP contribution in [0.2, 0.25) is 5.02 Å². The van der Waals surface area contributed by atoms with Crippen LogP contribution >= 0.6 is 27.5 Å². The highest BCUT2D eigenvalue weighted by atomic mass is 79.9. The second kappa shape index (κ2) is 6.82. The molecule has 1 N–H and O–H groups in total. The van der Waals surface area contributed by atoms with Gasteiger partial charge in [-0.3, -0.25) is 4.90 Å². The second-order valence-electron chi connectivity index (χ2n) is 5.47. The van der Waals surface area contributed by atoms with Crippen LogP contribution in [0.25, 0.3) is 0 Å². The van der Waals surface area contributed by atoms with Crippen LogP contribution in [0.5, 0.6) is 0 Å². The average Bonchev–Trinajstić information content (AvgIpc) is 2.91. The second-order valence-corrected chi connectivity index (χ2v) is 6.77. The first-order chi connectivity index (χ1) is 10.2. The van der Waals surface area contributed by atoms with E-state index in [1.807, 2.05) is 18.2 Å². The quantitative estimate of drug-likeness (QED) is 0.838. The molecule has 21 heavy (non-hydrogen) atoms. The number of likely N-dealkylation sites (tertiary alicyclic amines) is 1. The first kappa shape index (κ1) is 14.9. The normalized spacial score (nSPS) is 18.9. The van der Waals surface area contributed by atoms with Crippen molar-refractivity contribution < 1.29 is 0 Å². The molecule has 0 saturated carbocycles. The highest BCUT2D eigenvalue weighted by molar-refractivity contribution is 9.10. The summed E-state index contributed by atoms with van der Waals surface area (Å²) in [4.78, 5) is 2.49. The molecule has 0 amide bonds. The van der Waals surface area contributed by atoms with Crippen LogP contribution in [0, 0.1) is 0 Å². The van der Waals surface area contributed by atoms with Crippen molar-refractivity contribution in [3.8, 4) is 0 Å². The maximum absolute atomic E-state index is 6.07. The molecule has 4 heteroatoms. The zero-order valence-electron chi connectivity index (χ0n) is 11.7. The molecule has 2 aromatic rings. The van der Waals surface area contributed by atoms with Crippen LogP contribution in [-0.2, 0) is 6.54 Å². The number of nitrogens with zero attached hydrogens (tertiary/aromatic N) is 1. The van der Waals surface area contributed by atoms with Crippen molar-refractivity contribution >= 4 is 33.2 Å². The molecule has 0 aromatic heterocycles. The largest absolute Gasteiger partial charge is 0.380 e. The Morgan fingerprint density at radius 3 is 2.81 bits per heavy atom. The Balaban J connectivity index is 1.58. The number of benzene rings is 2. The van der Waals surface area contributed by atoms with Gasteiger partial charge in [-0.25, -0.2) is 0 Å². The van der Waals surface area contributed by atoms with E-state index in [4.69, 9.17) is 11.6 Å². The number of rotatable bonds is 4. The molecule has 3 rings (SSSR count). The van der Waals surface area contributed by atoms with Crippen LogP contribution in [0.4, 0.5) is 5.69 Å². The van der Waals surface area contributed by atoms with Gasteiger partial charge in [-0.15, -0.1) is 0 Å². The van der Waals surface area contributed by atoms with E-state index < -0.39 is 0 Å². The molecule has 1 aliphatic rings. The minimum Gasteiger partial charge on any atom is -0.380 e. The molecule has 2 nitrogen and oxygen atoms in total. The first-order valence-corrected chi connectivity index (χ1v) is 8.36. The molecule has 1 unspecified atom stereocenters. The van der Waals surface area contributed by atoms with Crippen molar-refractivity contribution in [1.82, 2.24) is 4.90 Å². The summed E-state index contributed by atoms with van der Waals surface area (Å²) >= 11 is 9.64. The lowest BCUT2D eigenvalue weighted by atomic mass is 10.2. The van der Waals surface area contributed by atoms with Crippen molar-refractivity contribution in [3.63, 3.8) is 0 Å². The van der Waals surface area contributed by atoms with Gasteiger partial charge in [-0.05, 0) is 46.1 Å². The van der Waals surface area contributed by atoms with E-state index in [2.05, 4.69) is 56.5 Å². The number of hydrogen-bond acceptors (Lipinski definition) is 2. The van der Waals surface area contributed by atoms with Gasteiger partial charge in [0, 0.05) is 35.2 Å². The molecular weight excluding hydrogens is 348 g/mol. The number of anilines is 1. The van der Waals surface area contributed by atoms with E-state index in [0.29, 0.717) is 6.04 Å². The lowest BCUT2D eigenvalue weighted by Crippen LogP contribution is -2.26. The molecule has 1 atom stereocenters. The fourth-order valence-electron chi connectivity index (χ4n) is 2.76. The number of nitrogens with one attached hydrogen (secondary N) is 1. The maximum atomic E-state index is 6.07. The first-order valence-electron chi connectivity index (χ1n) is 7.18. The highest BCUT2D eigenvalue weighted by Crippen LogP contribution is 2.28. The molecule has 1 fully saturated rings. The average molecular weight is 366 g/mol. The molecule has 1 saturated heterocycles. The van der Waals surface area contributed by atoms with E-state index >= 15 is 0 Å². The molecule has 1 heterocycles. The van der Waals surface area contributed by atoms with Gasteiger partial charge >= 0.3 is 0 Å². The Morgan fingerprint density at radius 2 is 2.00 bits per heavy atom. The lowest BCUT2D eigenvalue weighted by molar-refractivity contribution is 0.328. The predicted molar refractivity (Wildman–Crippen MR) is 92.9 cm³/mol. The van der Waals surface area contributed by atoms with Gasteiger partial charge in [0.2, 0.25) is 0 Å². The Bertz CT molecular complexity index is 603. The fraction of sp³-hybridized carbons (Fsp3) is 0.294. The van der Waals surface area contributed by atoms with Crippen molar-refractivity contribution in [3.05, 3.63) is 63.6 Å². The predicted octanol–water partition coefficient (Wildman–Crippen LogP) is 4.79. The topological polar surface area (TPSA) is 15.3 Å². The Hall–Kier alpha value is -1.03. The maximum Gasteiger partial charge on any atom is 0.0502 e. The lowest BCUT2D eigenvalue weighted by Gasteiger charge is -2.18. The van der Waals surface area contributed by atoms with Crippen LogP contribution in [0.1, 0.15) is 12.0 Å². The van der Waals surface area contributed by atoms with Crippen molar-refractivity contribution in [2.75, 3.05) is 18.4 Å². The third-order valence-corrected chi connectivity index (χ3v) is 4.74. The van der Waals surface area contributed by atoms with Gasteiger partial charge in [0.15, 0.2) is 0 Å². The monoisotopic (exact) mass is 364 g/mol. The molecular formula is C17H18BrClN2. The SMILES string of the molecule is Clc1ccc(Br)c(NC2CCN(Cc3ccccc3)C2)c1. The minimum atomic E-state index is 0.475. The van der Waals surface area contributed by atoms with E-state index in [1.54, 1.807) is 0 Å². The summed E-state index contributed by atoms with van der Waals surface area (Å²) in [6, 6.07) is 17.0. The minimum absolute atomic E-state index is 0.475. The standard InChI is InChI=1S/C17H18BrClN2/c18-16-7-6-14(19)10-17(16)20-15-8-9-21(12-15)11-13-4-2-1-3-5-13/h1-7,10,15,20H,8-9,11-12H2. The van der Waals surface area contributed by atoms with Crippen LogP contribution in [0.3, 0.4) is 0 Å². The molecule has 0 bridgehead atoms. The molecule has 110 valence electrons. The molecule has 2 aromatic carbocycles. The zero-order chi connectivity index (χ0) is 14.7. The fourth-order valence-corrected chi connectivity index (χ4v) is 3.30. The van der Waals surface area contributed by atoms with Crippen LogP contribution in [-0.4, -0.2) is 24.0 Å². The van der Waals surface area contributed by atoms with Crippen LogP contribution < -0.4 is 5.32 Å². The molecule has 1 aliphatic heterocycles. The summed E-state index contributed by atoms with van der Waals surface area (Å²) in [6.45, 7) is 3.22. The Kier molecular flexibility index (Phi) is 4.84. The van der Waals surface area contributed by atoms with E-state index in [-0.39, 0.29) is 0 Å². The molecule has 0 radical (unpaired) electrons. The van der Waals surface area contributed by atoms with Gasteiger partial charge in [0.1, 0.15) is 0 Å². The van der Waals surface area contributed by atoms with Crippen molar-refractivity contribution in [1.29, 1.82) is 0 Å². The van der Waals surface area contributed by atoms with Gasteiger partial charge < -0.3 is 5.32 Å². The smallest absolute Gasteiger partial charge is 0.0502 e. The summed E-state index contributed by atoms with van der Waals surface area (Å²) in [7, 11) is 0. The zero-order valence-corrected chi connectivity index (χ0v) is 14.1.